The smallest absolute Gasteiger partial charge is 0.357 e. The van der Waals surface area contributed by atoms with Gasteiger partial charge in [0.1, 0.15) is 5.69 Å². The van der Waals surface area contributed by atoms with E-state index in [9.17, 15) is 14.4 Å². The Morgan fingerprint density at radius 1 is 1.00 bits per heavy atom. The van der Waals surface area contributed by atoms with Gasteiger partial charge in [-0.3, -0.25) is 9.59 Å². The topological polar surface area (TPSA) is 97.4 Å². The normalized spacial score (nSPS) is 11.2. The van der Waals surface area contributed by atoms with E-state index in [2.05, 4.69) is 15.6 Å². The van der Waals surface area contributed by atoms with Gasteiger partial charge in [-0.2, -0.15) is 0 Å². The Morgan fingerprint density at radius 2 is 1.62 bits per heavy atom. The third kappa shape index (κ3) is 4.91. The first kappa shape index (κ1) is 17.1. The summed E-state index contributed by atoms with van der Waals surface area (Å²) < 4.78 is 5.08. The Balaban J connectivity index is 1.91. The van der Waals surface area contributed by atoms with E-state index in [0.717, 1.165) is 0 Å². The number of carbonyl (C=O) groups is 3. The predicted octanol–water partition coefficient (Wildman–Crippen LogP) is 2.22. The number of amides is 2. The molecule has 7 nitrogen and oxygen atoms in total. The molecular weight excluding hydrogens is 310 g/mol. The number of aromatic nitrogens is 1. The predicted molar refractivity (Wildman–Crippen MR) is 88.5 cm³/mol. The van der Waals surface area contributed by atoms with E-state index in [1.54, 1.807) is 36.4 Å². The van der Waals surface area contributed by atoms with Crippen LogP contribution in [0.15, 0.2) is 48.7 Å². The minimum absolute atomic E-state index is 0.136. The van der Waals surface area contributed by atoms with Crippen molar-refractivity contribution in [3.8, 4) is 0 Å². The average molecular weight is 327 g/mol. The maximum Gasteiger partial charge on any atom is 0.357 e. The Morgan fingerprint density at radius 3 is 2.17 bits per heavy atom. The number of anilines is 2. The number of nitrogens with one attached hydrogen (secondary N) is 2. The average Bonchev–Trinajstić information content (AvgIpc) is 2.56. The van der Waals surface area contributed by atoms with Crippen molar-refractivity contribution in [3.63, 3.8) is 0 Å². The molecule has 2 aromatic rings. The van der Waals surface area contributed by atoms with Crippen LogP contribution in [0.1, 0.15) is 24.3 Å². The van der Waals surface area contributed by atoms with E-state index in [1.165, 1.54) is 26.1 Å². The molecule has 0 aliphatic heterocycles. The van der Waals surface area contributed by atoms with Crippen molar-refractivity contribution in [2.24, 2.45) is 0 Å². The van der Waals surface area contributed by atoms with Gasteiger partial charge in [-0.1, -0.05) is 6.07 Å². The second kappa shape index (κ2) is 7.87. The fraction of sp³-hybridized carbons (Fsp3) is 0.176. The van der Waals surface area contributed by atoms with Gasteiger partial charge in [-0.05, 0) is 43.3 Å². The van der Waals surface area contributed by atoms with Crippen LogP contribution in [0, 0.1) is 0 Å². The summed E-state index contributed by atoms with van der Waals surface area (Å²) in [6.45, 7) is 2.88. The van der Waals surface area contributed by atoms with Gasteiger partial charge >= 0.3 is 5.97 Å². The summed E-state index contributed by atoms with van der Waals surface area (Å²) in [5.74, 6) is -1.31. The largest absolute Gasteiger partial charge is 0.448 e. The van der Waals surface area contributed by atoms with E-state index >= 15 is 0 Å². The van der Waals surface area contributed by atoms with Crippen molar-refractivity contribution in [2.75, 3.05) is 10.6 Å². The van der Waals surface area contributed by atoms with Gasteiger partial charge in [0.2, 0.25) is 5.91 Å². The summed E-state index contributed by atoms with van der Waals surface area (Å²) in [5.41, 5.74) is 1.28. The van der Waals surface area contributed by atoms with Gasteiger partial charge in [-0.25, -0.2) is 9.78 Å². The lowest BCUT2D eigenvalue weighted by Gasteiger charge is -2.13. The second-order valence-corrected chi connectivity index (χ2v) is 5.01. The summed E-state index contributed by atoms with van der Waals surface area (Å²) in [5, 5.41) is 5.25. The fourth-order valence-corrected chi connectivity index (χ4v) is 1.84. The highest BCUT2D eigenvalue weighted by atomic mass is 16.5. The number of pyridine rings is 1. The third-order valence-corrected chi connectivity index (χ3v) is 3.00. The number of hydrogen-bond acceptors (Lipinski definition) is 5. The zero-order chi connectivity index (χ0) is 17.5. The summed E-state index contributed by atoms with van der Waals surface area (Å²) in [6.07, 6.45) is 0.493. The number of nitrogens with zero attached hydrogens (tertiary/aromatic N) is 1. The van der Waals surface area contributed by atoms with E-state index in [-0.39, 0.29) is 11.6 Å². The van der Waals surface area contributed by atoms with Gasteiger partial charge in [0.05, 0.1) is 0 Å². The first-order valence-corrected chi connectivity index (χ1v) is 7.26. The molecule has 1 aromatic carbocycles. The van der Waals surface area contributed by atoms with Gasteiger partial charge < -0.3 is 15.4 Å². The van der Waals surface area contributed by atoms with Crippen LogP contribution in [0.3, 0.4) is 0 Å². The van der Waals surface area contributed by atoms with Crippen LogP contribution in [0.25, 0.3) is 0 Å². The van der Waals surface area contributed by atoms with Gasteiger partial charge in [0.25, 0.3) is 5.91 Å². The van der Waals surface area contributed by atoms with Crippen molar-refractivity contribution in [3.05, 3.63) is 54.4 Å². The van der Waals surface area contributed by atoms with Crippen LogP contribution in [0.5, 0.6) is 0 Å². The van der Waals surface area contributed by atoms with Gasteiger partial charge in [-0.15, -0.1) is 0 Å². The zero-order valence-electron chi connectivity index (χ0n) is 13.3. The maximum atomic E-state index is 12.1. The molecule has 1 heterocycles. The Bertz CT molecular complexity index is 729. The molecule has 124 valence electrons. The number of benzene rings is 1. The standard InChI is InChI=1S/C17H17N3O4/c1-11(24-17(23)15-5-3-4-10-18-15)16(22)20-14-8-6-13(7-9-14)19-12(2)21/h3-11H,1-2H3,(H,19,21)(H,20,22)/t11-/m0/s1. The highest BCUT2D eigenvalue weighted by Crippen LogP contribution is 2.14. The summed E-state index contributed by atoms with van der Waals surface area (Å²) in [7, 11) is 0. The van der Waals surface area contributed by atoms with Crippen molar-refractivity contribution in [1.82, 2.24) is 4.98 Å². The van der Waals surface area contributed by atoms with Crippen molar-refractivity contribution >= 4 is 29.2 Å². The zero-order valence-corrected chi connectivity index (χ0v) is 13.3. The molecule has 1 aromatic heterocycles. The molecule has 0 aliphatic carbocycles. The Kier molecular flexibility index (Phi) is 5.62. The van der Waals surface area contributed by atoms with E-state index in [0.29, 0.717) is 11.4 Å². The molecular formula is C17H17N3O4. The fourth-order valence-electron chi connectivity index (χ4n) is 1.84. The summed E-state index contributed by atoms with van der Waals surface area (Å²) >= 11 is 0. The number of carbonyl (C=O) groups excluding carboxylic acids is 3. The van der Waals surface area contributed by atoms with Crippen LogP contribution in [0.2, 0.25) is 0 Å². The highest BCUT2D eigenvalue weighted by Gasteiger charge is 2.19. The number of esters is 1. The molecule has 24 heavy (non-hydrogen) atoms. The van der Waals surface area contributed by atoms with Crippen molar-refractivity contribution in [1.29, 1.82) is 0 Å². The molecule has 0 unspecified atom stereocenters. The van der Waals surface area contributed by atoms with Crippen LogP contribution >= 0.6 is 0 Å². The molecule has 2 N–H and O–H groups in total. The van der Waals surface area contributed by atoms with E-state index < -0.39 is 18.0 Å². The minimum atomic E-state index is -0.977. The van der Waals surface area contributed by atoms with Gasteiger partial charge in [0, 0.05) is 24.5 Å². The molecule has 0 saturated heterocycles. The van der Waals surface area contributed by atoms with Crippen LogP contribution in [0.4, 0.5) is 11.4 Å². The second-order valence-electron chi connectivity index (χ2n) is 5.01. The molecule has 0 aliphatic rings. The Labute approximate surface area is 139 Å². The lowest BCUT2D eigenvalue weighted by Crippen LogP contribution is -2.30. The summed E-state index contributed by atoms with van der Waals surface area (Å²) in [4.78, 5) is 38.7. The monoisotopic (exact) mass is 327 g/mol. The molecule has 0 fully saturated rings. The highest BCUT2D eigenvalue weighted by molar-refractivity contribution is 5.97. The summed E-state index contributed by atoms with van der Waals surface area (Å²) in [6, 6.07) is 11.4. The number of rotatable bonds is 5. The molecule has 7 heteroatoms. The Hall–Kier alpha value is -3.22. The number of ether oxygens (including phenoxy) is 1. The molecule has 2 amide bonds. The van der Waals surface area contributed by atoms with Crippen LogP contribution < -0.4 is 10.6 Å². The molecule has 1 atom stereocenters. The molecule has 0 spiro atoms. The lowest BCUT2D eigenvalue weighted by atomic mass is 10.2. The first-order chi connectivity index (χ1) is 11.5. The molecule has 0 bridgehead atoms. The first-order valence-electron chi connectivity index (χ1n) is 7.26. The van der Waals surface area contributed by atoms with Gasteiger partial charge in [0.15, 0.2) is 6.10 Å². The minimum Gasteiger partial charge on any atom is -0.448 e. The van der Waals surface area contributed by atoms with E-state index in [4.69, 9.17) is 4.74 Å². The third-order valence-electron chi connectivity index (χ3n) is 3.00. The maximum absolute atomic E-state index is 12.1. The van der Waals surface area contributed by atoms with Crippen molar-refractivity contribution in [2.45, 2.75) is 20.0 Å². The lowest BCUT2D eigenvalue weighted by molar-refractivity contribution is -0.123. The van der Waals surface area contributed by atoms with Crippen LogP contribution in [-0.2, 0) is 14.3 Å². The SMILES string of the molecule is CC(=O)Nc1ccc(NC(=O)[C@H](C)OC(=O)c2ccccn2)cc1. The number of hydrogen-bond donors (Lipinski definition) is 2. The molecule has 2 rings (SSSR count). The van der Waals surface area contributed by atoms with Crippen molar-refractivity contribution < 1.29 is 19.1 Å². The van der Waals surface area contributed by atoms with Crippen LogP contribution in [-0.4, -0.2) is 28.9 Å². The molecule has 0 radical (unpaired) electrons. The van der Waals surface area contributed by atoms with E-state index in [1.807, 2.05) is 0 Å². The quantitative estimate of drug-likeness (QED) is 0.821. The molecule has 0 saturated carbocycles.